The molecule has 2 N–H and O–H groups in total. The summed E-state index contributed by atoms with van der Waals surface area (Å²) in [6.45, 7) is 4.18. The highest BCUT2D eigenvalue weighted by Gasteiger charge is 2.12. The average Bonchev–Trinajstić information content (AvgIpc) is 2.78. The van der Waals surface area contributed by atoms with Crippen LogP contribution in [0.25, 0.3) is 0 Å². The first-order chi connectivity index (χ1) is 8.66. The van der Waals surface area contributed by atoms with Gasteiger partial charge in [-0.2, -0.15) is 5.10 Å². The van der Waals surface area contributed by atoms with Crippen LogP contribution in [0, 0.1) is 0 Å². The summed E-state index contributed by atoms with van der Waals surface area (Å²) in [5, 5.41) is 4.22. The number of hydrogen-bond acceptors (Lipinski definition) is 4. The Kier molecular flexibility index (Phi) is 4.04. The normalized spacial score (nSPS) is 12.9. The highest BCUT2D eigenvalue weighted by Crippen LogP contribution is 2.09. The molecule has 0 aliphatic heterocycles. The van der Waals surface area contributed by atoms with E-state index in [1.54, 1.807) is 18.7 Å². The maximum atomic E-state index is 6.16. The molecule has 0 spiro atoms. The average molecular weight is 245 g/mol. The third-order valence-electron chi connectivity index (χ3n) is 2.83. The van der Waals surface area contributed by atoms with E-state index in [1.165, 1.54) is 5.56 Å². The number of rotatable bonds is 5. The highest BCUT2D eigenvalue weighted by molar-refractivity contribution is 5.11. The molecule has 5 heteroatoms. The zero-order chi connectivity index (χ0) is 13.0. The maximum absolute atomic E-state index is 6.16. The van der Waals surface area contributed by atoms with Gasteiger partial charge in [0.05, 0.1) is 0 Å². The van der Waals surface area contributed by atoms with Crippen molar-refractivity contribution in [3.8, 4) is 0 Å². The van der Waals surface area contributed by atoms with Crippen LogP contribution in [0.3, 0.4) is 0 Å². The SMILES string of the molecule is CC(C)n1ncnc1CC(N)Cc1ccncc1. The van der Waals surface area contributed by atoms with E-state index in [0.717, 1.165) is 18.7 Å². The topological polar surface area (TPSA) is 69.6 Å². The molecule has 0 amide bonds. The molecule has 2 rings (SSSR count). The Labute approximate surface area is 107 Å². The standard InChI is InChI=1S/C13H19N5/c1-10(2)18-13(16-9-17-18)8-12(14)7-11-3-5-15-6-4-11/h3-6,9-10,12H,7-8,14H2,1-2H3. The lowest BCUT2D eigenvalue weighted by Gasteiger charge is -2.13. The van der Waals surface area contributed by atoms with E-state index in [2.05, 4.69) is 28.9 Å². The minimum Gasteiger partial charge on any atom is -0.327 e. The fourth-order valence-corrected chi connectivity index (χ4v) is 1.98. The van der Waals surface area contributed by atoms with Gasteiger partial charge in [-0.25, -0.2) is 9.67 Å². The van der Waals surface area contributed by atoms with Crippen molar-refractivity contribution in [1.82, 2.24) is 19.7 Å². The quantitative estimate of drug-likeness (QED) is 0.863. The number of hydrogen-bond donors (Lipinski definition) is 1. The fourth-order valence-electron chi connectivity index (χ4n) is 1.98. The van der Waals surface area contributed by atoms with Gasteiger partial charge >= 0.3 is 0 Å². The highest BCUT2D eigenvalue weighted by atomic mass is 15.3. The van der Waals surface area contributed by atoms with Gasteiger partial charge in [-0.1, -0.05) is 0 Å². The monoisotopic (exact) mass is 245 g/mol. The Morgan fingerprint density at radius 2 is 1.94 bits per heavy atom. The molecule has 1 unspecified atom stereocenters. The molecule has 0 aliphatic rings. The van der Waals surface area contributed by atoms with E-state index in [9.17, 15) is 0 Å². The molecule has 0 radical (unpaired) electrons. The first-order valence-corrected chi connectivity index (χ1v) is 6.19. The Morgan fingerprint density at radius 1 is 1.22 bits per heavy atom. The molecule has 2 aromatic heterocycles. The molecular formula is C13H19N5. The molecule has 0 fully saturated rings. The number of nitrogens with zero attached hydrogens (tertiary/aromatic N) is 4. The van der Waals surface area contributed by atoms with Crippen molar-refractivity contribution in [2.24, 2.45) is 5.73 Å². The largest absolute Gasteiger partial charge is 0.327 e. The van der Waals surface area contributed by atoms with Crippen LogP contribution in [-0.2, 0) is 12.8 Å². The lowest BCUT2D eigenvalue weighted by Crippen LogP contribution is -2.27. The Morgan fingerprint density at radius 3 is 2.61 bits per heavy atom. The lowest BCUT2D eigenvalue weighted by atomic mass is 10.1. The maximum Gasteiger partial charge on any atom is 0.138 e. The Hall–Kier alpha value is -1.75. The molecular weight excluding hydrogens is 226 g/mol. The number of aromatic nitrogens is 4. The number of pyridine rings is 1. The summed E-state index contributed by atoms with van der Waals surface area (Å²) >= 11 is 0. The van der Waals surface area contributed by atoms with Gasteiger partial charge in [-0.05, 0) is 38.0 Å². The molecule has 0 bridgehead atoms. The van der Waals surface area contributed by atoms with Gasteiger partial charge in [0.1, 0.15) is 12.2 Å². The van der Waals surface area contributed by atoms with E-state index < -0.39 is 0 Å². The molecule has 1 atom stereocenters. The molecule has 2 aromatic rings. The fraction of sp³-hybridized carbons (Fsp3) is 0.462. The minimum atomic E-state index is 0.0501. The van der Waals surface area contributed by atoms with E-state index in [1.807, 2.05) is 16.8 Å². The van der Waals surface area contributed by atoms with Crippen molar-refractivity contribution < 1.29 is 0 Å². The molecule has 18 heavy (non-hydrogen) atoms. The van der Waals surface area contributed by atoms with E-state index >= 15 is 0 Å². The molecule has 2 heterocycles. The second kappa shape index (κ2) is 5.73. The summed E-state index contributed by atoms with van der Waals surface area (Å²) < 4.78 is 1.92. The third-order valence-corrected chi connectivity index (χ3v) is 2.83. The van der Waals surface area contributed by atoms with Gasteiger partial charge in [0, 0.05) is 30.9 Å². The van der Waals surface area contributed by atoms with Crippen molar-refractivity contribution in [3.05, 3.63) is 42.2 Å². The van der Waals surface area contributed by atoms with Crippen LogP contribution in [-0.4, -0.2) is 25.8 Å². The zero-order valence-electron chi connectivity index (χ0n) is 10.8. The summed E-state index contributed by atoms with van der Waals surface area (Å²) in [7, 11) is 0. The predicted octanol–water partition coefficient (Wildman–Crippen LogP) is 1.37. The van der Waals surface area contributed by atoms with Crippen molar-refractivity contribution in [2.75, 3.05) is 0 Å². The van der Waals surface area contributed by atoms with Crippen LogP contribution in [0.1, 0.15) is 31.3 Å². The van der Waals surface area contributed by atoms with Gasteiger partial charge in [0.2, 0.25) is 0 Å². The van der Waals surface area contributed by atoms with E-state index in [4.69, 9.17) is 5.73 Å². The van der Waals surface area contributed by atoms with Gasteiger partial charge in [-0.3, -0.25) is 4.98 Å². The molecule has 5 nitrogen and oxygen atoms in total. The molecule has 0 aliphatic carbocycles. The molecule has 0 saturated heterocycles. The third kappa shape index (κ3) is 3.13. The van der Waals surface area contributed by atoms with E-state index in [0.29, 0.717) is 6.04 Å². The summed E-state index contributed by atoms with van der Waals surface area (Å²) in [5.74, 6) is 0.951. The second-order valence-electron chi connectivity index (χ2n) is 4.74. The van der Waals surface area contributed by atoms with Crippen LogP contribution < -0.4 is 5.73 Å². The first-order valence-electron chi connectivity index (χ1n) is 6.19. The lowest BCUT2D eigenvalue weighted by molar-refractivity contribution is 0.489. The first kappa shape index (κ1) is 12.7. The van der Waals surface area contributed by atoms with Crippen molar-refractivity contribution in [2.45, 2.75) is 38.8 Å². The van der Waals surface area contributed by atoms with Gasteiger partial charge in [0.25, 0.3) is 0 Å². The van der Waals surface area contributed by atoms with Crippen LogP contribution in [0.5, 0.6) is 0 Å². The van der Waals surface area contributed by atoms with Crippen LogP contribution in [0.4, 0.5) is 0 Å². The molecule has 96 valence electrons. The summed E-state index contributed by atoms with van der Waals surface area (Å²) in [4.78, 5) is 8.28. The van der Waals surface area contributed by atoms with E-state index in [-0.39, 0.29) is 6.04 Å². The van der Waals surface area contributed by atoms with Crippen LogP contribution in [0.2, 0.25) is 0 Å². The zero-order valence-corrected chi connectivity index (χ0v) is 10.8. The molecule has 0 saturated carbocycles. The van der Waals surface area contributed by atoms with Gasteiger partial charge in [-0.15, -0.1) is 0 Å². The van der Waals surface area contributed by atoms with Gasteiger partial charge in [0.15, 0.2) is 0 Å². The van der Waals surface area contributed by atoms with Crippen LogP contribution >= 0.6 is 0 Å². The smallest absolute Gasteiger partial charge is 0.138 e. The summed E-state index contributed by atoms with van der Waals surface area (Å²) in [5.41, 5.74) is 7.37. The second-order valence-corrected chi connectivity index (χ2v) is 4.74. The minimum absolute atomic E-state index is 0.0501. The van der Waals surface area contributed by atoms with Crippen LogP contribution in [0.15, 0.2) is 30.9 Å². The van der Waals surface area contributed by atoms with Crippen molar-refractivity contribution in [3.63, 3.8) is 0 Å². The number of nitrogens with two attached hydrogens (primary N) is 1. The Balaban J connectivity index is 1.99. The van der Waals surface area contributed by atoms with Crippen molar-refractivity contribution >= 4 is 0 Å². The predicted molar refractivity (Wildman–Crippen MR) is 70.0 cm³/mol. The molecule has 0 aromatic carbocycles. The van der Waals surface area contributed by atoms with Crippen molar-refractivity contribution in [1.29, 1.82) is 0 Å². The summed E-state index contributed by atoms with van der Waals surface area (Å²) in [6, 6.07) is 4.35. The van der Waals surface area contributed by atoms with Gasteiger partial charge < -0.3 is 5.73 Å². The summed E-state index contributed by atoms with van der Waals surface area (Å²) in [6.07, 6.45) is 6.74. The Bertz CT molecular complexity index is 477.